The van der Waals surface area contributed by atoms with E-state index in [4.69, 9.17) is 5.73 Å². The summed E-state index contributed by atoms with van der Waals surface area (Å²) in [7, 11) is 0. The highest BCUT2D eigenvalue weighted by Gasteiger charge is 2.10. The summed E-state index contributed by atoms with van der Waals surface area (Å²) in [5, 5.41) is 10.3. The summed E-state index contributed by atoms with van der Waals surface area (Å²) in [6.45, 7) is 8.26. The van der Waals surface area contributed by atoms with Crippen molar-refractivity contribution in [2.45, 2.75) is 39.8 Å². The lowest BCUT2D eigenvalue weighted by Crippen LogP contribution is -2.31. The largest absolute Gasteiger partial charge is 0.366 e. The van der Waals surface area contributed by atoms with E-state index >= 15 is 0 Å². The first-order chi connectivity index (χ1) is 8.41. The summed E-state index contributed by atoms with van der Waals surface area (Å²) in [5.74, 6) is -0.440. The van der Waals surface area contributed by atoms with E-state index in [0.717, 1.165) is 0 Å². The number of hydrogen-bond acceptors (Lipinski definition) is 3. The molecular weight excluding hydrogens is 228 g/mol. The normalized spacial score (nSPS) is 11.4. The van der Waals surface area contributed by atoms with Gasteiger partial charge in [-0.05, 0) is 52.0 Å². The van der Waals surface area contributed by atoms with Crippen molar-refractivity contribution in [1.29, 1.82) is 0 Å². The summed E-state index contributed by atoms with van der Waals surface area (Å²) < 4.78 is 0. The maximum absolute atomic E-state index is 10.9. The molecule has 1 amide bonds. The average molecular weight is 248 g/mol. The van der Waals surface area contributed by atoms with Gasteiger partial charge < -0.3 is 5.73 Å². The number of amides is 1. The third kappa shape index (κ3) is 3.84. The molecule has 0 spiro atoms. The minimum atomic E-state index is -0.440. The summed E-state index contributed by atoms with van der Waals surface area (Å²) in [4.78, 5) is 10.9. The topological polar surface area (TPSA) is 71.1 Å². The molecule has 0 radical (unpaired) electrons. The van der Waals surface area contributed by atoms with Crippen LogP contribution in [0.2, 0.25) is 0 Å². The fourth-order valence-electron chi connectivity index (χ4n) is 1.60. The van der Waals surface area contributed by atoms with E-state index in [-0.39, 0.29) is 0 Å². The van der Waals surface area contributed by atoms with Gasteiger partial charge in [0.15, 0.2) is 0 Å². The Balaban J connectivity index is 2.80. The monoisotopic (exact) mass is 248 g/mol. The van der Waals surface area contributed by atoms with Gasteiger partial charge in [-0.3, -0.25) is 9.80 Å². The second-order valence-electron chi connectivity index (χ2n) is 4.67. The van der Waals surface area contributed by atoms with Crippen molar-refractivity contribution in [2.24, 2.45) is 16.1 Å². The zero-order chi connectivity index (χ0) is 13.7. The van der Waals surface area contributed by atoms with E-state index in [1.54, 1.807) is 24.3 Å². The quantitative estimate of drug-likeness (QED) is 0.642. The maximum Gasteiger partial charge on any atom is 0.248 e. The minimum absolute atomic E-state index is 0.290. The van der Waals surface area contributed by atoms with Crippen molar-refractivity contribution in [1.82, 2.24) is 5.01 Å². The van der Waals surface area contributed by atoms with Gasteiger partial charge >= 0.3 is 0 Å². The Morgan fingerprint density at radius 2 is 1.61 bits per heavy atom. The molecule has 0 unspecified atom stereocenters. The van der Waals surface area contributed by atoms with Gasteiger partial charge in [0.05, 0.1) is 5.69 Å². The van der Waals surface area contributed by atoms with Crippen molar-refractivity contribution < 1.29 is 4.79 Å². The number of primary amides is 1. The molecule has 0 saturated carbocycles. The van der Waals surface area contributed by atoms with Crippen LogP contribution in [0.25, 0.3) is 0 Å². The minimum Gasteiger partial charge on any atom is -0.366 e. The van der Waals surface area contributed by atoms with Crippen LogP contribution >= 0.6 is 0 Å². The van der Waals surface area contributed by atoms with Crippen LogP contribution in [-0.4, -0.2) is 23.0 Å². The second kappa shape index (κ2) is 6.14. The van der Waals surface area contributed by atoms with Crippen molar-refractivity contribution in [2.75, 3.05) is 0 Å². The third-order valence-corrected chi connectivity index (χ3v) is 2.47. The van der Waals surface area contributed by atoms with E-state index in [9.17, 15) is 4.79 Å². The van der Waals surface area contributed by atoms with Gasteiger partial charge in [0.25, 0.3) is 0 Å². The third-order valence-electron chi connectivity index (χ3n) is 2.47. The van der Waals surface area contributed by atoms with Gasteiger partial charge in [-0.25, -0.2) is 0 Å². The molecule has 5 nitrogen and oxygen atoms in total. The number of carbonyl (C=O) groups is 1. The predicted molar refractivity (Wildman–Crippen MR) is 71.6 cm³/mol. The molecule has 98 valence electrons. The van der Waals surface area contributed by atoms with E-state index < -0.39 is 5.91 Å². The van der Waals surface area contributed by atoms with Crippen molar-refractivity contribution in [3.63, 3.8) is 0 Å². The van der Waals surface area contributed by atoms with Crippen LogP contribution in [0.4, 0.5) is 5.69 Å². The Kier molecular flexibility index (Phi) is 4.83. The molecule has 18 heavy (non-hydrogen) atoms. The van der Waals surface area contributed by atoms with E-state index in [1.165, 1.54) is 0 Å². The molecule has 0 atom stereocenters. The van der Waals surface area contributed by atoms with Crippen LogP contribution in [0.1, 0.15) is 38.1 Å². The molecule has 0 saturated heterocycles. The molecule has 0 bridgehead atoms. The molecule has 0 aliphatic rings. The zero-order valence-electron chi connectivity index (χ0n) is 11.3. The van der Waals surface area contributed by atoms with Crippen LogP contribution in [0.5, 0.6) is 0 Å². The molecule has 1 rings (SSSR count). The van der Waals surface area contributed by atoms with E-state index in [2.05, 4.69) is 38.0 Å². The molecule has 0 heterocycles. The lowest BCUT2D eigenvalue weighted by Gasteiger charge is -2.25. The zero-order valence-corrected chi connectivity index (χ0v) is 11.3. The first kappa shape index (κ1) is 14.2. The first-order valence-electron chi connectivity index (χ1n) is 6.01. The maximum atomic E-state index is 10.9. The van der Waals surface area contributed by atoms with Crippen LogP contribution in [0, 0.1) is 0 Å². The molecule has 0 aromatic heterocycles. The number of hydrogen-bond donors (Lipinski definition) is 1. The molecule has 1 aromatic carbocycles. The van der Waals surface area contributed by atoms with Crippen molar-refractivity contribution >= 4 is 11.6 Å². The lowest BCUT2D eigenvalue weighted by atomic mass is 10.2. The standard InChI is InChI=1S/C13H20N4O/c1-9(2)17(10(3)4)16-15-12-7-5-11(6-8-12)13(14)18/h5-10H,1-4H3,(H2,14,18). The van der Waals surface area contributed by atoms with E-state index in [0.29, 0.717) is 23.3 Å². The summed E-state index contributed by atoms with van der Waals surface area (Å²) in [6.07, 6.45) is 0. The number of nitrogens with zero attached hydrogens (tertiary/aromatic N) is 3. The van der Waals surface area contributed by atoms with Gasteiger partial charge in [-0.1, -0.05) is 5.22 Å². The van der Waals surface area contributed by atoms with Gasteiger partial charge in [0.2, 0.25) is 5.91 Å². The molecule has 5 heteroatoms. The molecule has 1 aromatic rings. The summed E-state index contributed by atoms with van der Waals surface area (Å²) >= 11 is 0. The number of benzene rings is 1. The Morgan fingerprint density at radius 3 is 2.00 bits per heavy atom. The molecular formula is C13H20N4O. The van der Waals surface area contributed by atoms with E-state index in [1.807, 2.05) is 5.01 Å². The van der Waals surface area contributed by atoms with Gasteiger partial charge in [0, 0.05) is 17.6 Å². The number of nitrogens with two attached hydrogens (primary N) is 1. The molecule has 0 aliphatic carbocycles. The average Bonchev–Trinajstić information content (AvgIpc) is 2.28. The van der Waals surface area contributed by atoms with Crippen LogP contribution < -0.4 is 5.73 Å². The molecule has 0 aliphatic heterocycles. The summed E-state index contributed by atoms with van der Waals surface area (Å²) in [5.41, 5.74) is 6.34. The Hall–Kier alpha value is -1.91. The Morgan fingerprint density at radius 1 is 1.11 bits per heavy atom. The number of rotatable bonds is 5. The summed E-state index contributed by atoms with van der Waals surface area (Å²) in [6, 6.07) is 7.32. The SMILES string of the molecule is CC(C)N(N=Nc1ccc(C(N)=O)cc1)C(C)C. The predicted octanol–water partition coefficient (Wildman–Crippen LogP) is 2.90. The Labute approximate surface area is 108 Å². The van der Waals surface area contributed by atoms with Crippen LogP contribution in [0.15, 0.2) is 34.6 Å². The molecule has 2 N–H and O–H groups in total. The lowest BCUT2D eigenvalue weighted by molar-refractivity contribution is 0.100. The van der Waals surface area contributed by atoms with Crippen LogP contribution in [0.3, 0.4) is 0 Å². The highest BCUT2D eigenvalue weighted by molar-refractivity contribution is 5.92. The fourth-order valence-corrected chi connectivity index (χ4v) is 1.60. The van der Waals surface area contributed by atoms with Gasteiger partial charge in [-0.15, -0.1) is 5.11 Å². The van der Waals surface area contributed by atoms with Gasteiger partial charge in [0.1, 0.15) is 0 Å². The van der Waals surface area contributed by atoms with Gasteiger partial charge in [-0.2, -0.15) is 0 Å². The van der Waals surface area contributed by atoms with Crippen molar-refractivity contribution in [3.8, 4) is 0 Å². The Bertz CT molecular complexity index is 415. The fraction of sp³-hybridized carbons (Fsp3) is 0.462. The van der Waals surface area contributed by atoms with Crippen LogP contribution in [-0.2, 0) is 0 Å². The highest BCUT2D eigenvalue weighted by atomic mass is 16.1. The molecule has 0 fully saturated rings. The smallest absolute Gasteiger partial charge is 0.248 e. The van der Waals surface area contributed by atoms with Crippen molar-refractivity contribution in [3.05, 3.63) is 29.8 Å². The first-order valence-corrected chi connectivity index (χ1v) is 6.01. The highest BCUT2D eigenvalue weighted by Crippen LogP contribution is 2.15. The number of carbonyl (C=O) groups excluding carboxylic acids is 1. The second-order valence-corrected chi connectivity index (χ2v) is 4.67.